The molecular formula is C14H10BrN3O2. The van der Waals surface area contributed by atoms with E-state index in [1.807, 2.05) is 0 Å². The Morgan fingerprint density at radius 2 is 1.85 bits per heavy atom. The zero-order valence-corrected chi connectivity index (χ0v) is 12.1. The summed E-state index contributed by atoms with van der Waals surface area (Å²) in [5.74, 6) is -0.411. The molecule has 0 radical (unpaired) electrons. The van der Waals surface area contributed by atoms with E-state index >= 15 is 0 Å². The van der Waals surface area contributed by atoms with E-state index in [4.69, 9.17) is 5.73 Å². The number of carbonyl (C=O) groups is 2. The first-order chi connectivity index (χ1) is 9.49. The number of hydrogen-bond acceptors (Lipinski definition) is 4. The third kappa shape index (κ3) is 1.80. The number of anilines is 2. The van der Waals surface area contributed by atoms with Crippen LogP contribution >= 0.6 is 15.9 Å². The zero-order chi connectivity index (χ0) is 14.4. The lowest BCUT2D eigenvalue weighted by Gasteiger charge is -2.15. The number of nitrogens with two attached hydrogens (primary N) is 1. The molecule has 1 aromatic carbocycles. The van der Waals surface area contributed by atoms with E-state index in [1.165, 1.54) is 6.20 Å². The molecule has 0 aliphatic carbocycles. The highest BCUT2D eigenvalue weighted by Gasteiger charge is 2.38. The minimum absolute atomic E-state index is 0.321. The monoisotopic (exact) mass is 331 g/mol. The number of rotatable bonds is 1. The van der Waals surface area contributed by atoms with E-state index in [9.17, 15) is 9.59 Å². The van der Waals surface area contributed by atoms with Crippen molar-refractivity contribution in [2.24, 2.45) is 0 Å². The summed E-state index contributed by atoms with van der Waals surface area (Å²) in [4.78, 5) is 30.0. The van der Waals surface area contributed by atoms with Crippen LogP contribution in [0.15, 0.2) is 34.9 Å². The van der Waals surface area contributed by atoms with Crippen molar-refractivity contribution in [2.75, 3.05) is 10.6 Å². The first-order valence-corrected chi connectivity index (χ1v) is 6.69. The molecule has 1 aromatic heterocycles. The number of hydrogen-bond donors (Lipinski definition) is 1. The third-order valence-electron chi connectivity index (χ3n) is 3.13. The third-order valence-corrected chi connectivity index (χ3v) is 3.63. The average Bonchev–Trinajstić information content (AvgIpc) is 2.63. The number of aromatic nitrogens is 1. The van der Waals surface area contributed by atoms with Gasteiger partial charge in [0.2, 0.25) is 0 Å². The Morgan fingerprint density at radius 1 is 1.15 bits per heavy atom. The Bertz CT molecular complexity index is 758. The number of amides is 2. The van der Waals surface area contributed by atoms with Crippen LogP contribution in [0.5, 0.6) is 0 Å². The molecule has 6 heteroatoms. The Hall–Kier alpha value is -2.21. The van der Waals surface area contributed by atoms with E-state index in [2.05, 4.69) is 20.9 Å². The number of nitrogen functional groups attached to an aromatic ring is 1. The van der Waals surface area contributed by atoms with Gasteiger partial charge in [-0.25, -0.2) is 9.88 Å². The summed E-state index contributed by atoms with van der Waals surface area (Å²) in [5.41, 5.74) is 7.58. The van der Waals surface area contributed by atoms with Crippen LogP contribution in [-0.4, -0.2) is 16.8 Å². The number of carbonyl (C=O) groups excluding carboxylic acids is 2. The van der Waals surface area contributed by atoms with Gasteiger partial charge in [-0.15, -0.1) is 0 Å². The summed E-state index contributed by atoms with van der Waals surface area (Å²) < 4.78 is 0.751. The van der Waals surface area contributed by atoms with Crippen molar-refractivity contribution in [1.29, 1.82) is 0 Å². The van der Waals surface area contributed by atoms with Crippen LogP contribution in [0.4, 0.5) is 11.5 Å². The summed E-state index contributed by atoms with van der Waals surface area (Å²) in [6.07, 6.45) is 1.43. The summed E-state index contributed by atoms with van der Waals surface area (Å²) in [5, 5.41) is 0. The predicted octanol–water partition coefficient (Wildman–Crippen LogP) is 2.54. The molecule has 1 aliphatic rings. The lowest BCUT2D eigenvalue weighted by Crippen LogP contribution is -2.31. The maximum absolute atomic E-state index is 12.4. The first-order valence-electron chi connectivity index (χ1n) is 5.89. The molecule has 0 atom stereocenters. The number of aryl methyl sites for hydroxylation is 1. The van der Waals surface area contributed by atoms with Gasteiger partial charge in [-0.2, -0.15) is 0 Å². The Balaban J connectivity index is 2.14. The van der Waals surface area contributed by atoms with Gasteiger partial charge in [0.1, 0.15) is 5.82 Å². The van der Waals surface area contributed by atoms with Crippen LogP contribution < -0.4 is 10.6 Å². The number of imide groups is 1. The molecule has 1 aliphatic heterocycles. The second-order valence-electron chi connectivity index (χ2n) is 4.54. The van der Waals surface area contributed by atoms with Crippen LogP contribution in [0.1, 0.15) is 26.3 Å². The van der Waals surface area contributed by atoms with Crippen LogP contribution in [0.25, 0.3) is 0 Å². The summed E-state index contributed by atoms with van der Waals surface area (Å²) in [6, 6.07) is 6.69. The molecule has 2 heterocycles. The molecule has 0 saturated heterocycles. The molecule has 0 unspecified atom stereocenters. The maximum Gasteiger partial charge on any atom is 0.267 e. The highest BCUT2D eigenvalue weighted by atomic mass is 79.9. The molecule has 0 fully saturated rings. The molecule has 0 saturated carbocycles. The van der Waals surface area contributed by atoms with Crippen molar-refractivity contribution in [2.45, 2.75) is 6.92 Å². The van der Waals surface area contributed by atoms with Gasteiger partial charge in [0.15, 0.2) is 0 Å². The van der Waals surface area contributed by atoms with Gasteiger partial charge >= 0.3 is 0 Å². The van der Waals surface area contributed by atoms with Crippen molar-refractivity contribution >= 4 is 39.2 Å². The highest BCUT2D eigenvalue weighted by molar-refractivity contribution is 9.10. The number of benzene rings is 1. The predicted molar refractivity (Wildman–Crippen MR) is 78.7 cm³/mol. The number of halogens is 1. The average molecular weight is 332 g/mol. The Morgan fingerprint density at radius 3 is 2.55 bits per heavy atom. The SMILES string of the molecule is Cc1cc(N)cnc1N1C(=O)c2ccc(Br)cc2C1=O. The zero-order valence-electron chi connectivity index (χ0n) is 10.6. The van der Waals surface area contributed by atoms with Crippen molar-refractivity contribution in [1.82, 2.24) is 4.98 Å². The lowest BCUT2D eigenvalue weighted by atomic mass is 10.1. The molecule has 2 amide bonds. The van der Waals surface area contributed by atoms with Crippen molar-refractivity contribution < 1.29 is 9.59 Å². The van der Waals surface area contributed by atoms with Gasteiger partial charge in [-0.1, -0.05) is 15.9 Å². The fourth-order valence-electron chi connectivity index (χ4n) is 2.23. The van der Waals surface area contributed by atoms with E-state index in [0.717, 1.165) is 9.37 Å². The minimum Gasteiger partial charge on any atom is -0.397 e. The quantitative estimate of drug-likeness (QED) is 0.814. The van der Waals surface area contributed by atoms with Gasteiger partial charge in [-0.05, 0) is 36.8 Å². The normalized spacial score (nSPS) is 13.8. The highest BCUT2D eigenvalue weighted by Crippen LogP contribution is 2.31. The van der Waals surface area contributed by atoms with Crippen LogP contribution in [0, 0.1) is 6.92 Å². The minimum atomic E-state index is -0.369. The second kappa shape index (κ2) is 4.42. The van der Waals surface area contributed by atoms with Crippen molar-refractivity contribution in [3.05, 3.63) is 51.6 Å². The number of pyridine rings is 1. The van der Waals surface area contributed by atoms with Crippen LogP contribution in [-0.2, 0) is 0 Å². The van der Waals surface area contributed by atoms with Crippen LogP contribution in [0.2, 0.25) is 0 Å². The first kappa shape index (κ1) is 12.8. The van der Waals surface area contributed by atoms with E-state index < -0.39 is 0 Å². The smallest absolute Gasteiger partial charge is 0.267 e. The van der Waals surface area contributed by atoms with E-state index in [-0.39, 0.29) is 11.8 Å². The fraction of sp³-hybridized carbons (Fsp3) is 0.0714. The fourth-order valence-corrected chi connectivity index (χ4v) is 2.59. The van der Waals surface area contributed by atoms with Gasteiger partial charge < -0.3 is 5.73 Å². The molecule has 3 rings (SSSR count). The molecule has 0 bridgehead atoms. The van der Waals surface area contributed by atoms with Gasteiger partial charge in [0.25, 0.3) is 11.8 Å². The standard InChI is InChI=1S/C14H10BrN3O2/c1-7-4-9(16)6-17-12(7)18-13(19)10-3-2-8(15)5-11(10)14(18)20/h2-6H,16H2,1H3. The second-order valence-corrected chi connectivity index (χ2v) is 5.46. The molecular weight excluding hydrogens is 322 g/mol. The molecule has 100 valence electrons. The Kier molecular flexibility index (Phi) is 2.83. The summed E-state index contributed by atoms with van der Waals surface area (Å²) >= 11 is 3.30. The molecule has 20 heavy (non-hydrogen) atoms. The maximum atomic E-state index is 12.4. The van der Waals surface area contributed by atoms with Crippen molar-refractivity contribution in [3.63, 3.8) is 0 Å². The molecule has 2 aromatic rings. The topological polar surface area (TPSA) is 76.3 Å². The number of nitrogens with zero attached hydrogens (tertiary/aromatic N) is 2. The largest absolute Gasteiger partial charge is 0.397 e. The summed E-state index contributed by atoms with van der Waals surface area (Å²) in [7, 11) is 0. The van der Waals surface area contributed by atoms with Crippen LogP contribution in [0.3, 0.4) is 0 Å². The van der Waals surface area contributed by atoms with Gasteiger partial charge in [-0.3, -0.25) is 9.59 Å². The van der Waals surface area contributed by atoms with Gasteiger partial charge in [0, 0.05) is 4.47 Å². The van der Waals surface area contributed by atoms with E-state index in [1.54, 1.807) is 31.2 Å². The molecule has 0 spiro atoms. The van der Waals surface area contributed by atoms with E-state index in [0.29, 0.717) is 28.2 Å². The van der Waals surface area contributed by atoms with Gasteiger partial charge in [0.05, 0.1) is 23.0 Å². The lowest BCUT2D eigenvalue weighted by molar-refractivity contribution is 0.0925. The number of fused-ring (bicyclic) bond motifs is 1. The summed E-state index contributed by atoms with van der Waals surface area (Å²) in [6.45, 7) is 1.76. The molecule has 2 N–H and O–H groups in total. The Labute approximate surface area is 123 Å². The van der Waals surface area contributed by atoms with Crippen molar-refractivity contribution in [3.8, 4) is 0 Å². The molecule has 5 nitrogen and oxygen atoms in total.